The normalized spacial score (nSPS) is 13.4. The number of aromatic nitrogens is 3. The summed E-state index contributed by atoms with van der Waals surface area (Å²) in [6.45, 7) is 0. The standard InChI is InChI=1S/C38H31N3/c1-3-11-28(12-4-1)32-17-9-19-34(25-32)37-39-36(31-23-21-30(22-24-31)27-15-7-8-16-27)40-38(41-37)35-20-10-18-33(26-35)29-13-5-2-6-14-29/h1-6,9-14,17-27H,7-8,15-16H2. The van der Waals surface area contributed by atoms with Crippen molar-refractivity contribution in [3.8, 4) is 56.4 Å². The first-order chi connectivity index (χ1) is 20.3. The van der Waals surface area contributed by atoms with Gasteiger partial charge in [0.15, 0.2) is 17.5 Å². The van der Waals surface area contributed by atoms with E-state index in [1.165, 1.54) is 42.4 Å². The molecule has 0 unspecified atom stereocenters. The van der Waals surface area contributed by atoms with Gasteiger partial charge in [0.1, 0.15) is 0 Å². The lowest BCUT2D eigenvalue weighted by atomic mass is 9.96. The van der Waals surface area contributed by atoms with Gasteiger partial charge < -0.3 is 0 Å². The van der Waals surface area contributed by atoms with Crippen LogP contribution in [-0.4, -0.2) is 15.0 Å². The van der Waals surface area contributed by atoms with Crippen LogP contribution in [0.1, 0.15) is 37.2 Å². The molecule has 6 aromatic rings. The van der Waals surface area contributed by atoms with Crippen LogP contribution in [0, 0.1) is 0 Å². The van der Waals surface area contributed by atoms with E-state index in [2.05, 4.69) is 121 Å². The Bertz CT molecular complexity index is 1670. The fourth-order valence-corrected chi connectivity index (χ4v) is 5.86. The SMILES string of the molecule is c1ccc(-c2cccc(-c3nc(-c4ccc(C5CCCC5)cc4)nc(-c4cccc(-c5ccccc5)c4)n3)c2)cc1. The molecule has 5 aromatic carbocycles. The van der Waals surface area contributed by atoms with Gasteiger partial charge >= 0.3 is 0 Å². The highest BCUT2D eigenvalue weighted by Gasteiger charge is 2.18. The fourth-order valence-electron chi connectivity index (χ4n) is 5.86. The second-order valence-corrected chi connectivity index (χ2v) is 10.8. The van der Waals surface area contributed by atoms with E-state index in [1.807, 2.05) is 12.1 Å². The van der Waals surface area contributed by atoms with Crippen LogP contribution in [-0.2, 0) is 0 Å². The number of hydrogen-bond acceptors (Lipinski definition) is 3. The lowest BCUT2D eigenvalue weighted by molar-refractivity contribution is 0.723. The Morgan fingerprint density at radius 3 is 1.27 bits per heavy atom. The van der Waals surface area contributed by atoms with Crippen molar-refractivity contribution in [2.45, 2.75) is 31.6 Å². The topological polar surface area (TPSA) is 38.7 Å². The average molecular weight is 530 g/mol. The Labute approximate surface area is 241 Å². The Morgan fingerprint density at radius 2 is 0.780 bits per heavy atom. The minimum absolute atomic E-state index is 0.674. The zero-order valence-corrected chi connectivity index (χ0v) is 22.9. The van der Waals surface area contributed by atoms with Gasteiger partial charge in [0.25, 0.3) is 0 Å². The molecule has 7 rings (SSSR count). The Hall–Kier alpha value is -4.89. The third-order valence-electron chi connectivity index (χ3n) is 8.09. The summed E-state index contributed by atoms with van der Waals surface area (Å²) in [7, 11) is 0. The molecular weight excluding hydrogens is 498 g/mol. The van der Waals surface area contributed by atoms with Gasteiger partial charge in [0, 0.05) is 16.7 Å². The van der Waals surface area contributed by atoms with E-state index in [4.69, 9.17) is 15.0 Å². The summed E-state index contributed by atoms with van der Waals surface area (Å²) in [5, 5.41) is 0. The third kappa shape index (κ3) is 5.44. The second kappa shape index (κ2) is 11.3. The lowest BCUT2D eigenvalue weighted by Gasteiger charge is -2.12. The van der Waals surface area contributed by atoms with E-state index in [-0.39, 0.29) is 0 Å². The molecule has 0 bridgehead atoms. The van der Waals surface area contributed by atoms with Crippen molar-refractivity contribution in [1.29, 1.82) is 0 Å². The molecule has 198 valence electrons. The smallest absolute Gasteiger partial charge is 0.164 e. The fraction of sp³-hybridized carbons (Fsp3) is 0.132. The molecule has 1 aliphatic rings. The number of rotatable bonds is 6. The van der Waals surface area contributed by atoms with Gasteiger partial charge in [0.05, 0.1) is 0 Å². The van der Waals surface area contributed by atoms with Gasteiger partial charge in [-0.05, 0) is 58.7 Å². The van der Waals surface area contributed by atoms with Gasteiger partial charge in [-0.15, -0.1) is 0 Å². The van der Waals surface area contributed by atoms with Crippen molar-refractivity contribution in [3.05, 3.63) is 139 Å². The molecule has 3 nitrogen and oxygen atoms in total. The van der Waals surface area contributed by atoms with Gasteiger partial charge in [0.2, 0.25) is 0 Å². The molecule has 41 heavy (non-hydrogen) atoms. The molecule has 0 radical (unpaired) electrons. The zero-order valence-electron chi connectivity index (χ0n) is 22.9. The molecule has 0 amide bonds. The summed E-state index contributed by atoms with van der Waals surface area (Å²) in [5.41, 5.74) is 8.99. The zero-order chi connectivity index (χ0) is 27.4. The molecule has 0 saturated heterocycles. The molecule has 1 heterocycles. The molecule has 1 aliphatic carbocycles. The van der Waals surface area contributed by atoms with Gasteiger partial charge in [-0.25, -0.2) is 15.0 Å². The number of benzene rings is 5. The highest BCUT2D eigenvalue weighted by atomic mass is 15.0. The number of nitrogens with zero attached hydrogens (tertiary/aromatic N) is 3. The van der Waals surface area contributed by atoms with Crippen molar-refractivity contribution in [2.75, 3.05) is 0 Å². The van der Waals surface area contributed by atoms with Gasteiger partial charge in [-0.3, -0.25) is 0 Å². The van der Waals surface area contributed by atoms with Crippen LogP contribution in [0.15, 0.2) is 133 Å². The molecule has 1 saturated carbocycles. The van der Waals surface area contributed by atoms with E-state index in [1.54, 1.807) is 0 Å². The molecule has 1 aromatic heterocycles. The highest BCUT2D eigenvalue weighted by Crippen LogP contribution is 2.35. The first-order valence-electron chi connectivity index (χ1n) is 14.5. The van der Waals surface area contributed by atoms with Crippen molar-refractivity contribution < 1.29 is 0 Å². The third-order valence-corrected chi connectivity index (χ3v) is 8.09. The molecule has 0 aliphatic heterocycles. The Kier molecular flexibility index (Phi) is 6.92. The van der Waals surface area contributed by atoms with Crippen LogP contribution in [0.5, 0.6) is 0 Å². The van der Waals surface area contributed by atoms with Crippen LogP contribution >= 0.6 is 0 Å². The second-order valence-electron chi connectivity index (χ2n) is 10.8. The predicted octanol–water partition coefficient (Wildman–Crippen LogP) is 9.86. The van der Waals surface area contributed by atoms with Crippen LogP contribution in [0.3, 0.4) is 0 Å². The predicted molar refractivity (Wildman–Crippen MR) is 168 cm³/mol. The Morgan fingerprint density at radius 1 is 0.366 bits per heavy atom. The molecular formula is C38H31N3. The summed E-state index contributed by atoms with van der Waals surface area (Å²) in [4.78, 5) is 15.1. The van der Waals surface area contributed by atoms with Crippen LogP contribution in [0.2, 0.25) is 0 Å². The maximum absolute atomic E-state index is 5.03. The van der Waals surface area contributed by atoms with Crippen molar-refractivity contribution in [3.63, 3.8) is 0 Å². The van der Waals surface area contributed by atoms with Gasteiger partial charge in [-0.1, -0.05) is 134 Å². The average Bonchev–Trinajstić information content (AvgIpc) is 3.61. The monoisotopic (exact) mass is 529 g/mol. The first kappa shape index (κ1) is 25.1. The summed E-state index contributed by atoms with van der Waals surface area (Å²) in [6.07, 6.45) is 5.23. The molecule has 0 spiro atoms. The van der Waals surface area contributed by atoms with Crippen LogP contribution in [0.25, 0.3) is 56.4 Å². The minimum atomic E-state index is 0.674. The summed E-state index contributed by atoms with van der Waals surface area (Å²) in [6, 6.07) is 46.7. The van der Waals surface area contributed by atoms with E-state index in [9.17, 15) is 0 Å². The van der Waals surface area contributed by atoms with E-state index in [0.29, 0.717) is 23.4 Å². The van der Waals surface area contributed by atoms with Gasteiger partial charge in [-0.2, -0.15) is 0 Å². The maximum Gasteiger partial charge on any atom is 0.164 e. The molecule has 3 heteroatoms. The lowest BCUT2D eigenvalue weighted by Crippen LogP contribution is -2.01. The van der Waals surface area contributed by atoms with E-state index >= 15 is 0 Å². The highest BCUT2D eigenvalue weighted by molar-refractivity contribution is 5.74. The number of hydrogen-bond donors (Lipinski definition) is 0. The molecule has 0 atom stereocenters. The van der Waals surface area contributed by atoms with E-state index in [0.717, 1.165) is 27.8 Å². The Balaban J connectivity index is 1.33. The summed E-state index contributed by atoms with van der Waals surface area (Å²) in [5.74, 6) is 2.72. The van der Waals surface area contributed by atoms with Crippen LogP contribution < -0.4 is 0 Å². The summed E-state index contributed by atoms with van der Waals surface area (Å²) >= 11 is 0. The minimum Gasteiger partial charge on any atom is -0.208 e. The first-order valence-corrected chi connectivity index (χ1v) is 14.5. The largest absolute Gasteiger partial charge is 0.208 e. The molecule has 1 fully saturated rings. The molecule has 0 N–H and O–H groups in total. The van der Waals surface area contributed by atoms with E-state index < -0.39 is 0 Å². The van der Waals surface area contributed by atoms with Crippen molar-refractivity contribution in [2.24, 2.45) is 0 Å². The van der Waals surface area contributed by atoms with Crippen molar-refractivity contribution in [1.82, 2.24) is 15.0 Å². The van der Waals surface area contributed by atoms with Crippen LogP contribution in [0.4, 0.5) is 0 Å². The maximum atomic E-state index is 5.03. The van der Waals surface area contributed by atoms with Crippen molar-refractivity contribution >= 4 is 0 Å². The quantitative estimate of drug-likeness (QED) is 0.215. The summed E-state index contributed by atoms with van der Waals surface area (Å²) < 4.78 is 0.